The molecule has 0 saturated heterocycles. The number of nitrogens with zero attached hydrogens (tertiary/aromatic N) is 2. The fourth-order valence-corrected chi connectivity index (χ4v) is 3.88. The number of carbonyl (C=O) groups excluding carboxylic acids is 1. The lowest BCUT2D eigenvalue weighted by Gasteiger charge is -2.07. The van der Waals surface area contributed by atoms with Gasteiger partial charge in [-0.2, -0.15) is 5.10 Å². The monoisotopic (exact) mass is 448 g/mol. The van der Waals surface area contributed by atoms with E-state index in [9.17, 15) is 19.3 Å². The van der Waals surface area contributed by atoms with Gasteiger partial charge >= 0.3 is 0 Å². The van der Waals surface area contributed by atoms with E-state index in [1.165, 1.54) is 42.1 Å². The zero-order chi connectivity index (χ0) is 22.7. The minimum atomic E-state index is -0.502. The maximum atomic E-state index is 13.1. The highest BCUT2D eigenvalue weighted by atomic mass is 32.2. The Labute approximate surface area is 186 Å². The minimum Gasteiger partial charge on any atom is -0.320 e. The van der Waals surface area contributed by atoms with E-state index in [0.29, 0.717) is 16.2 Å². The number of nitro benzene ring substituents is 1. The lowest BCUT2D eigenvalue weighted by molar-refractivity contribution is -0.385. The Hall–Kier alpha value is -3.98. The van der Waals surface area contributed by atoms with Crippen LogP contribution in [0.2, 0.25) is 0 Å². The predicted octanol–water partition coefficient (Wildman–Crippen LogP) is 5.84. The number of H-pyrrole nitrogens is 1. The van der Waals surface area contributed by atoms with Crippen LogP contribution in [0.4, 0.5) is 15.8 Å². The fraction of sp³-hybridized carbons (Fsp3) is 0.0435. The second kappa shape index (κ2) is 9.03. The van der Waals surface area contributed by atoms with Crippen molar-refractivity contribution in [2.24, 2.45) is 0 Å². The highest BCUT2D eigenvalue weighted by Crippen LogP contribution is 2.33. The number of amides is 1. The van der Waals surface area contributed by atoms with Crippen molar-refractivity contribution >= 4 is 29.0 Å². The number of aryl methyl sites for hydroxylation is 1. The van der Waals surface area contributed by atoms with E-state index in [1.807, 2.05) is 31.2 Å². The molecule has 1 amide bonds. The Kier molecular flexibility index (Phi) is 6.00. The van der Waals surface area contributed by atoms with Crippen molar-refractivity contribution in [3.8, 4) is 11.3 Å². The molecule has 0 radical (unpaired) electrons. The predicted molar refractivity (Wildman–Crippen MR) is 120 cm³/mol. The summed E-state index contributed by atoms with van der Waals surface area (Å²) in [4.78, 5) is 25.1. The normalized spacial score (nSPS) is 10.7. The number of non-ortho nitro benzene ring substituents is 1. The minimum absolute atomic E-state index is 0.131. The van der Waals surface area contributed by atoms with Gasteiger partial charge in [0.2, 0.25) is 0 Å². The third kappa shape index (κ3) is 5.01. The molecule has 0 saturated carbocycles. The van der Waals surface area contributed by atoms with Gasteiger partial charge < -0.3 is 5.32 Å². The Morgan fingerprint density at radius 3 is 2.44 bits per heavy atom. The molecule has 0 bridgehead atoms. The molecule has 160 valence electrons. The number of nitro groups is 1. The van der Waals surface area contributed by atoms with Crippen molar-refractivity contribution in [1.82, 2.24) is 10.2 Å². The van der Waals surface area contributed by atoms with Gasteiger partial charge in [-0.1, -0.05) is 29.5 Å². The molecule has 4 aromatic rings. The summed E-state index contributed by atoms with van der Waals surface area (Å²) in [5.74, 6) is -0.870. The number of halogens is 1. The number of anilines is 1. The summed E-state index contributed by atoms with van der Waals surface area (Å²) in [5, 5.41) is 20.8. The van der Waals surface area contributed by atoms with Crippen LogP contribution in [-0.4, -0.2) is 21.0 Å². The summed E-state index contributed by atoms with van der Waals surface area (Å²) in [7, 11) is 0. The third-order valence-electron chi connectivity index (χ3n) is 4.58. The highest BCUT2D eigenvalue weighted by molar-refractivity contribution is 7.99. The topological polar surface area (TPSA) is 101 Å². The molecular weight excluding hydrogens is 431 g/mol. The van der Waals surface area contributed by atoms with Crippen LogP contribution in [0.5, 0.6) is 0 Å². The van der Waals surface area contributed by atoms with Crippen molar-refractivity contribution in [1.29, 1.82) is 0 Å². The molecule has 0 aliphatic heterocycles. The van der Waals surface area contributed by atoms with Crippen molar-refractivity contribution in [2.75, 3.05) is 5.32 Å². The van der Waals surface area contributed by atoms with E-state index in [4.69, 9.17) is 0 Å². The number of nitrogens with one attached hydrogen (secondary N) is 2. The molecule has 32 heavy (non-hydrogen) atoms. The Bertz CT molecular complexity index is 1290. The van der Waals surface area contributed by atoms with Gasteiger partial charge in [0.1, 0.15) is 11.5 Å². The molecule has 0 spiro atoms. The van der Waals surface area contributed by atoms with Crippen LogP contribution < -0.4 is 5.32 Å². The molecule has 0 atom stereocenters. The van der Waals surface area contributed by atoms with Gasteiger partial charge in [0.15, 0.2) is 0 Å². The van der Waals surface area contributed by atoms with E-state index in [-0.39, 0.29) is 22.9 Å². The Morgan fingerprint density at radius 2 is 1.75 bits per heavy atom. The number of carbonyl (C=O) groups is 1. The van der Waals surface area contributed by atoms with Crippen LogP contribution in [0.15, 0.2) is 82.6 Å². The first-order valence-electron chi connectivity index (χ1n) is 9.54. The summed E-state index contributed by atoms with van der Waals surface area (Å²) in [6.45, 7) is 1.98. The largest absolute Gasteiger partial charge is 0.320 e. The lowest BCUT2D eigenvalue weighted by atomic mass is 10.1. The highest BCUT2D eigenvalue weighted by Gasteiger charge is 2.15. The summed E-state index contributed by atoms with van der Waals surface area (Å²) >= 11 is 1.36. The molecule has 1 aromatic heterocycles. The first-order valence-corrected chi connectivity index (χ1v) is 10.4. The number of aromatic amines is 1. The fourth-order valence-electron chi connectivity index (χ4n) is 2.97. The van der Waals surface area contributed by atoms with Crippen LogP contribution in [-0.2, 0) is 0 Å². The molecule has 0 unspecified atom stereocenters. The van der Waals surface area contributed by atoms with Gasteiger partial charge in [-0.25, -0.2) is 4.39 Å². The van der Waals surface area contributed by atoms with Crippen molar-refractivity contribution in [2.45, 2.75) is 16.7 Å². The third-order valence-corrected chi connectivity index (χ3v) is 5.56. The van der Waals surface area contributed by atoms with Gasteiger partial charge in [0, 0.05) is 33.2 Å². The average Bonchev–Trinajstić information content (AvgIpc) is 3.26. The lowest BCUT2D eigenvalue weighted by Crippen LogP contribution is -2.12. The second-order valence-electron chi connectivity index (χ2n) is 7.02. The number of hydrogen-bond acceptors (Lipinski definition) is 5. The zero-order valence-corrected chi connectivity index (χ0v) is 17.7. The van der Waals surface area contributed by atoms with Gasteiger partial charge in [-0.05, 0) is 55.5 Å². The van der Waals surface area contributed by atoms with Crippen molar-refractivity contribution in [3.63, 3.8) is 0 Å². The van der Waals surface area contributed by atoms with Crippen LogP contribution >= 0.6 is 11.8 Å². The van der Waals surface area contributed by atoms with Crippen LogP contribution in [0, 0.1) is 22.9 Å². The summed E-state index contributed by atoms with van der Waals surface area (Å²) in [5.41, 5.74) is 2.56. The smallest absolute Gasteiger partial charge is 0.273 e. The van der Waals surface area contributed by atoms with Gasteiger partial charge in [-0.3, -0.25) is 20.0 Å². The molecular formula is C23H17FN4O3S. The van der Waals surface area contributed by atoms with Crippen LogP contribution in [0.3, 0.4) is 0 Å². The van der Waals surface area contributed by atoms with Crippen LogP contribution in [0.1, 0.15) is 16.1 Å². The number of benzene rings is 3. The molecule has 0 fully saturated rings. The maximum absolute atomic E-state index is 13.1. The van der Waals surface area contributed by atoms with E-state index >= 15 is 0 Å². The Morgan fingerprint density at radius 1 is 1.03 bits per heavy atom. The molecule has 7 nitrogen and oxygen atoms in total. The second-order valence-corrected chi connectivity index (χ2v) is 8.16. The van der Waals surface area contributed by atoms with Crippen molar-refractivity contribution in [3.05, 3.63) is 100.0 Å². The molecule has 0 aliphatic rings. The molecule has 1 heterocycles. The quantitative estimate of drug-likeness (QED) is 0.285. The summed E-state index contributed by atoms with van der Waals surface area (Å²) in [6, 6.07) is 19.5. The van der Waals surface area contributed by atoms with E-state index < -0.39 is 10.8 Å². The molecule has 0 aliphatic carbocycles. The van der Waals surface area contributed by atoms with Crippen LogP contribution in [0.25, 0.3) is 11.3 Å². The summed E-state index contributed by atoms with van der Waals surface area (Å²) < 4.78 is 13.1. The van der Waals surface area contributed by atoms with Crippen molar-refractivity contribution < 1.29 is 14.1 Å². The summed E-state index contributed by atoms with van der Waals surface area (Å²) in [6.07, 6.45) is 0. The molecule has 9 heteroatoms. The average molecular weight is 448 g/mol. The van der Waals surface area contributed by atoms with E-state index in [1.54, 1.807) is 18.2 Å². The van der Waals surface area contributed by atoms with E-state index in [2.05, 4.69) is 15.5 Å². The van der Waals surface area contributed by atoms with E-state index in [0.717, 1.165) is 10.5 Å². The number of hydrogen-bond donors (Lipinski definition) is 2. The molecule has 2 N–H and O–H groups in total. The first kappa shape index (κ1) is 21.3. The van der Waals surface area contributed by atoms with Gasteiger partial charge in [0.05, 0.1) is 10.6 Å². The number of rotatable bonds is 6. The maximum Gasteiger partial charge on any atom is 0.273 e. The SMILES string of the molecule is Cc1ccc(Sc2cc(NC(=O)c3cc(-c4ccc(F)cc4)n[nH]3)cc([N+](=O)[O-])c2)cc1. The zero-order valence-electron chi connectivity index (χ0n) is 16.8. The molecule has 4 rings (SSSR count). The van der Waals surface area contributed by atoms with Gasteiger partial charge in [0.25, 0.3) is 11.6 Å². The standard InChI is InChI=1S/C23H17FN4O3S/c1-14-2-8-19(9-3-14)32-20-11-17(10-18(12-20)28(30)31)25-23(29)22-13-21(26-27-22)15-4-6-16(24)7-5-15/h2-13H,1H3,(H,25,29)(H,26,27). The first-order chi connectivity index (χ1) is 15.4. The molecule has 3 aromatic carbocycles. The Balaban J connectivity index is 1.55. The number of aromatic nitrogens is 2. The van der Waals surface area contributed by atoms with Gasteiger partial charge in [-0.15, -0.1) is 0 Å².